The standard InChI is InChI=1S/C24H28O4/c1-23(2,9-11-25)15-5-7-17-19(13-15)22(28)20-14-16(24(3,4)10-12-26)6-8-18(20)21(17)27/h5-8,13-14,25-26H,9-12H2,1-4H3. The lowest BCUT2D eigenvalue weighted by Crippen LogP contribution is -2.26. The molecule has 0 spiro atoms. The van der Waals surface area contributed by atoms with Gasteiger partial charge in [0.2, 0.25) is 0 Å². The molecule has 3 rings (SSSR count). The first kappa shape index (κ1) is 20.4. The van der Waals surface area contributed by atoms with Crippen molar-refractivity contribution in [2.24, 2.45) is 0 Å². The molecule has 0 aliphatic heterocycles. The van der Waals surface area contributed by atoms with Crippen LogP contribution < -0.4 is 0 Å². The maximum Gasteiger partial charge on any atom is 0.194 e. The molecule has 1 aliphatic carbocycles. The van der Waals surface area contributed by atoms with E-state index in [1.165, 1.54) is 0 Å². The Hall–Kier alpha value is -2.30. The van der Waals surface area contributed by atoms with Gasteiger partial charge in [0.1, 0.15) is 0 Å². The summed E-state index contributed by atoms with van der Waals surface area (Å²) in [5.74, 6) is -0.282. The summed E-state index contributed by atoms with van der Waals surface area (Å²) in [7, 11) is 0. The fourth-order valence-electron chi connectivity index (χ4n) is 3.84. The SMILES string of the molecule is CC(C)(CCO)c1ccc2c(c1)C(=O)c1cc(C(C)(C)CCO)ccc1C2=O. The molecular weight excluding hydrogens is 352 g/mol. The van der Waals surface area contributed by atoms with Gasteiger partial charge in [-0.3, -0.25) is 9.59 Å². The van der Waals surface area contributed by atoms with Crippen LogP contribution in [0.25, 0.3) is 0 Å². The Bertz CT molecular complexity index is 864. The molecule has 2 aromatic rings. The number of hydrogen-bond acceptors (Lipinski definition) is 4. The average molecular weight is 380 g/mol. The molecular formula is C24H28O4. The summed E-state index contributed by atoms with van der Waals surface area (Å²) in [6, 6.07) is 10.8. The first-order chi connectivity index (χ1) is 13.1. The largest absolute Gasteiger partial charge is 0.396 e. The predicted octanol–water partition coefficient (Wildman–Crippen LogP) is 3.78. The topological polar surface area (TPSA) is 74.6 Å². The smallest absolute Gasteiger partial charge is 0.194 e. The molecule has 28 heavy (non-hydrogen) atoms. The fourth-order valence-corrected chi connectivity index (χ4v) is 3.84. The van der Waals surface area contributed by atoms with E-state index in [4.69, 9.17) is 0 Å². The lowest BCUT2D eigenvalue weighted by molar-refractivity contribution is 0.0978. The molecule has 0 amide bonds. The van der Waals surface area contributed by atoms with Crippen LogP contribution in [0.2, 0.25) is 0 Å². The second kappa shape index (κ2) is 7.26. The number of benzene rings is 2. The van der Waals surface area contributed by atoms with Gasteiger partial charge in [-0.1, -0.05) is 39.8 Å². The summed E-state index contributed by atoms with van der Waals surface area (Å²) in [5, 5.41) is 18.7. The molecule has 148 valence electrons. The van der Waals surface area contributed by atoms with Crippen LogP contribution in [0.5, 0.6) is 0 Å². The van der Waals surface area contributed by atoms with E-state index in [0.717, 1.165) is 11.1 Å². The second-order valence-corrected chi connectivity index (χ2v) is 8.89. The van der Waals surface area contributed by atoms with Crippen molar-refractivity contribution >= 4 is 11.6 Å². The summed E-state index contributed by atoms with van der Waals surface area (Å²) in [6.07, 6.45) is 1.15. The van der Waals surface area contributed by atoms with E-state index in [2.05, 4.69) is 0 Å². The van der Waals surface area contributed by atoms with E-state index in [9.17, 15) is 19.8 Å². The Balaban J connectivity index is 2.10. The van der Waals surface area contributed by atoms with Gasteiger partial charge in [-0.25, -0.2) is 0 Å². The van der Waals surface area contributed by atoms with Crippen molar-refractivity contribution in [3.8, 4) is 0 Å². The van der Waals surface area contributed by atoms with Gasteiger partial charge in [0.05, 0.1) is 0 Å². The molecule has 0 unspecified atom stereocenters. The van der Waals surface area contributed by atoms with Crippen LogP contribution in [0.1, 0.15) is 83.5 Å². The molecule has 4 nitrogen and oxygen atoms in total. The summed E-state index contributed by atoms with van der Waals surface area (Å²) < 4.78 is 0. The molecule has 2 aromatic carbocycles. The highest BCUT2D eigenvalue weighted by Gasteiger charge is 2.33. The zero-order valence-corrected chi connectivity index (χ0v) is 17.0. The maximum absolute atomic E-state index is 13.3. The van der Waals surface area contributed by atoms with Gasteiger partial charge >= 0.3 is 0 Å². The summed E-state index contributed by atoms with van der Waals surface area (Å²) >= 11 is 0. The molecule has 2 N–H and O–H groups in total. The lowest BCUT2D eigenvalue weighted by Gasteiger charge is -2.28. The van der Waals surface area contributed by atoms with Crippen LogP contribution in [0.4, 0.5) is 0 Å². The van der Waals surface area contributed by atoms with E-state index in [0.29, 0.717) is 35.1 Å². The highest BCUT2D eigenvalue weighted by atomic mass is 16.3. The molecule has 0 fully saturated rings. The molecule has 0 bridgehead atoms. The van der Waals surface area contributed by atoms with Crippen molar-refractivity contribution in [3.63, 3.8) is 0 Å². The number of hydrogen-bond donors (Lipinski definition) is 2. The molecule has 4 heteroatoms. The van der Waals surface area contributed by atoms with Crippen molar-refractivity contribution < 1.29 is 19.8 Å². The zero-order valence-electron chi connectivity index (χ0n) is 17.0. The van der Waals surface area contributed by atoms with Gasteiger partial charge in [0.25, 0.3) is 0 Å². The van der Waals surface area contributed by atoms with Crippen molar-refractivity contribution in [3.05, 3.63) is 69.8 Å². The van der Waals surface area contributed by atoms with Gasteiger partial charge in [0.15, 0.2) is 11.6 Å². The molecule has 0 saturated carbocycles. The first-order valence-electron chi connectivity index (χ1n) is 9.72. The van der Waals surface area contributed by atoms with Crippen molar-refractivity contribution in [2.75, 3.05) is 13.2 Å². The van der Waals surface area contributed by atoms with E-state index in [-0.39, 0.29) is 35.6 Å². The van der Waals surface area contributed by atoms with Gasteiger partial charge in [-0.2, -0.15) is 0 Å². The molecule has 0 saturated heterocycles. The number of ketones is 2. The number of aliphatic hydroxyl groups is 2. The lowest BCUT2D eigenvalue weighted by atomic mass is 9.75. The van der Waals surface area contributed by atoms with Crippen LogP contribution in [-0.2, 0) is 10.8 Å². The molecule has 0 aromatic heterocycles. The fraction of sp³-hybridized carbons (Fsp3) is 0.417. The highest BCUT2D eigenvalue weighted by Crippen LogP contribution is 2.35. The van der Waals surface area contributed by atoms with Crippen molar-refractivity contribution in [1.82, 2.24) is 0 Å². The van der Waals surface area contributed by atoms with Gasteiger partial charge in [-0.05, 0) is 59.1 Å². The van der Waals surface area contributed by atoms with Crippen LogP contribution in [-0.4, -0.2) is 35.0 Å². The monoisotopic (exact) mass is 380 g/mol. The Morgan fingerprint density at radius 2 is 1.00 bits per heavy atom. The van der Waals surface area contributed by atoms with Crippen LogP contribution in [0, 0.1) is 0 Å². The summed E-state index contributed by atoms with van der Waals surface area (Å²) in [4.78, 5) is 26.3. The third kappa shape index (κ3) is 3.43. The van der Waals surface area contributed by atoms with E-state index >= 15 is 0 Å². The third-order valence-electron chi connectivity index (χ3n) is 6.05. The molecule has 0 heterocycles. The number of carbonyl (C=O) groups excluding carboxylic acids is 2. The number of aliphatic hydroxyl groups excluding tert-OH is 2. The van der Waals surface area contributed by atoms with Gasteiger partial charge in [0, 0.05) is 35.5 Å². The number of fused-ring (bicyclic) bond motifs is 2. The average Bonchev–Trinajstić information content (AvgIpc) is 2.65. The maximum atomic E-state index is 13.3. The summed E-state index contributed by atoms with van der Waals surface area (Å²) in [6.45, 7) is 8.19. The number of rotatable bonds is 6. The van der Waals surface area contributed by atoms with Crippen LogP contribution in [0.3, 0.4) is 0 Å². The second-order valence-electron chi connectivity index (χ2n) is 8.89. The first-order valence-corrected chi connectivity index (χ1v) is 9.72. The minimum atomic E-state index is -0.293. The molecule has 1 aliphatic rings. The normalized spacial score (nSPS) is 14.1. The molecule has 0 radical (unpaired) electrons. The Morgan fingerprint density at radius 1 is 0.643 bits per heavy atom. The van der Waals surface area contributed by atoms with E-state index in [1.807, 2.05) is 39.8 Å². The number of carbonyl (C=O) groups is 2. The summed E-state index contributed by atoms with van der Waals surface area (Å²) in [5.41, 5.74) is 3.00. The third-order valence-corrected chi connectivity index (χ3v) is 6.05. The highest BCUT2D eigenvalue weighted by molar-refractivity contribution is 6.28. The van der Waals surface area contributed by atoms with Gasteiger partial charge in [-0.15, -0.1) is 0 Å². The van der Waals surface area contributed by atoms with Crippen LogP contribution >= 0.6 is 0 Å². The van der Waals surface area contributed by atoms with Gasteiger partial charge < -0.3 is 10.2 Å². The Kier molecular flexibility index (Phi) is 5.30. The minimum Gasteiger partial charge on any atom is -0.396 e. The molecule has 0 atom stereocenters. The van der Waals surface area contributed by atoms with Crippen molar-refractivity contribution in [2.45, 2.75) is 51.4 Å². The quantitative estimate of drug-likeness (QED) is 0.682. The zero-order chi connectivity index (χ0) is 20.7. The Morgan fingerprint density at radius 3 is 1.36 bits per heavy atom. The van der Waals surface area contributed by atoms with Crippen LogP contribution in [0.15, 0.2) is 36.4 Å². The van der Waals surface area contributed by atoms with Crippen molar-refractivity contribution in [1.29, 1.82) is 0 Å². The Labute approximate surface area is 166 Å². The van der Waals surface area contributed by atoms with E-state index < -0.39 is 0 Å². The van der Waals surface area contributed by atoms with E-state index in [1.54, 1.807) is 24.3 Å². The predicted molar refractivity (Wildman–Crippen MR) is 109 cm³/mol. The minimum absolute atomic E-state index is 0.0586.